The van der Waals surface area contributed by atoms with Gasteiger partial charge in [0.15, 0.2) is 5.69 Å². The summed E-state index contributed by atoms with van der Waals surface area (Å²) in [5, 5.41) is 19.1. The number of carbonyl (C=O) groups excluding carboxylic acids is 1. The van der Waals surface area contributed by atoms with Gasteiger partial charge in [-0.2, -0.15) is 9.78 Å². The number of benzene rings is 1. The predicted molar refractivity (Wildman–Crippen MR) is 98.6 cm³/mol. The number of rotatable bonds is 6. The third-order valence-corrected chi connectivity index (χ3v) is 3.93. The molecule has 10 heteroatoms. The summed E-state index contributed by atoms with van der Waals surface area (Å²) in [6.45, 7) is 5.88. The monoisotopic (exact) mass is 368 g/mol. The van der Waals surface area contributed by atoms with Gasteiger partial charge in [-0.1, -0.05) is 50.3 Å². The molecule has 0 unspecified atom stereocenters. The molecule has 0 saturated heterocycles. The SMILES string of the molecule is CCc1ccc(C=NNC(=O)c2nnn(-c3nonc3N)c2C(C)C)cc1. The lowest BCUT2D eigenvalue weighted by Crippen LogP contribution is -2.21. The van der Waals surface area contributed by atoms with Gasteiger partial charge in [0, 0.05) is 0 Å². The van der Waals surface area contributed by atoms with E-state index in [2.05, 4.69) is 42.7 Å². The van der Waals surface area contributed by atoms with Gasteiger partial charge in [-0.3, -0.25) is 4.79 Å². The van der Waals surface area contributed by atoms with Crippen molar-refractivity contribution >= 4 is 17.9 Å². The number of anilines is 1. The van der Waals surface area contributed by atoms with Crippen LogP contribution in [0.15, 0.2) is 34.0 Å². The highest BCUT2D eigenvalue weighted by Crippen LogP contribution is 2.22. The van der Waals surface area contributed by atoms with Gasteiger partial charge in [-0.15, -0.1) is 5.10 Å². The first kappa shape index (κ1) is 18.2. The van der Waals surface area contributed by atoms with Gasteiger partial charge < -0.3 is 5.73 Å². The van der Waals surface area contributed by atoms with E-state index in [1.807, 2.05) is 38.1 Å². The predicted octanol–water partition coefficient (Wildman–Crippen LogP) is 1.68. The van der Waals surface area contributed by atoms with Gasteiger partial charge in [0.2, 0.25) is 11.6 Å². The summed E-state index contributed by atoms with van der Waals surface area (Å²) in [7, 11) is 0. The Morgan fingerprint density at radius 3 is 2.67 bits per heavy atom. The number of aryl methyl sites for hydroxylation is 1. The van der Waals surface area contributed by atoms with Crippen molar-refractivity contribution in [2.45, 2.75) is 33.1 Å². The van der Waals surface area contributed by atoms with Crippen molar-refractivity contribution in [3.63, 3.8) is 0 Å². The van der Waals surface area contributed by atoms with Crippen molar-refractivity contribution in [3.8, 4) is 5.82 Å². The fourth-order valence-corrected chi connectivity index (χ4v) is 2.52. The van der Waals surface area contributed by atoms with Crippen LogP contribution in [0.25, 0.3) is 5.82 Å². The van der Waals surface area contributed by atoms with E-state index < -0.39 is 5.91 Å². The molecule has 0 fully saturated rings. The molecule has 27 heavy (non-hydrogen) atoms. The van der Waals surface area contributed by atoms with Gasteiger partial charge in [-0.25, -0.2) is 10.1 Å². The van der Waals surface area contributed by atoms with E-state index in [0.29, 0.717) is 5.69 Å². The molecule has 3 N–H and O–H groups in total. The first-order valence-corrected chi connectivity index (χ1v) is 8.47. The average Bonchev–Trinajstić information content (AvgIpc) is 3.28. The number of nitrogens with one attached hydrogen (secondary N) is 1. The van der Waals surface area contributed by atoms with Gasteiger partial charge >= 0.3 is 0 Å². The third kappa shape index (κ3) is 3.84. The fraction of sp³-hybridized carbons (Fsp3) is 0.294. The number of hydrogen-bond acceptors (Lipinski definition) is 8. The van der Waals surface area contributed by atoms with E-state index in [1.165, 1.54) is 10.2 Å². The minimum Gasteiger partial charge on any atom is -0.378 e. The minimum absolute atomic E-state index is 0.0577. The molecule has 3 rings (SSSR count). The molecule has 0 atom stereocenters. The van der Waals surface area contributed by atoms with E-state index in [4.69, 9.17) is 5.73 Å². The molecule has 2 aromatic heterocycles. The molecule has 1 aromatic carbocycles. The molecule has 0 spiro atoms. The normalized spacial score (nSPS) is 11.4. The summed E-state index contributed by atoms with van der Waals surface area (Å²) in [5.74, 6) is -0.323. The van der Waals surface area contributed by atoms with Crippen LogP contribution in [-0.4, -0.2) is 37.4 Å². The first-order valence-electron chi connectivity index (χ1n) is 8.47. The van der Waals surface area contributed by atoms with E-state index in [9.17, 15) is 4.79 Å². The first-order chi connectivity index (χ1) is 13.0. The Bertz CT molecular complexity index is 956. The van der Waals surface area contributed by atoms with Crippen LogP contribution >= 0.6 is 0 Å². The average molecular weight is 368 g/mol. The van der Waals surface area contributed by atoms with E-state index in [0.717, 1.165) is 12.0 Å². The molecular formula is C17H20N8O2. The maximum Gasteiger partial charge on any atom is 0.293 e. The molecule has 140 valence electrons. The van der Waals surface area contributed by atoms with Crippen LogP contribution in [0.3, 0.4) is 0 Å². The molecular weight excluding hydrogens is 348 g/mol. The lowest BCUT2D eigenvalue weighted by atomic mass is 10.1. The highest BCUT2D eigenvalue weighted by atomic mass is 16.6. The number of nitrogens with zero attached hydrogens (tertiary/aromatic N) is 6. The highest BCUT2D eigenvalue weighted by molar-refractivity contribution is 5.94. The molecule has 2 heterocycles. The summed E-state index contributed by atoms with van der Waals surface area (Å²) in [6.07, 6.45) is 2.53. The van der Waals surface area contributed by atoms with Gasteiger partial charge in [0.25, 0.3) is 5.91 Å². The Morgan fingerprint density at radius 1 is 1.33 bits per heavy atom. The molecule has 0 bridgehead atoms. The van der Waals surface area contributed by atoms with Crippen LogP contribution < -0.4 is 11.2 Å². The smallest absolute Gasteiger partial charge is 0.293 e. The molecule has 0 saturated carbocycles. The lowest BCUT2D eigenvalue weighted by Gasteiger charge is -2.08. The molecule has 0 radical (unpaired) electrons. The maximum atomic E-state index is 12.5. The summed E-state index contributed by atoms with van der Waals surface area (Å²) < 4.78 is 5.94. The van der Waals surface area contributed by atoms with E-state index in [-0.39, 0.29) is 23.2 Å². The van der Waals surface area contributed by atoms with Crippen LogP contribution in [0.1, 0.15) is 54.0 Å². The van der Waals surface area contributed by atoms with Gasteiger partial charge in [0.05, 0.1) is 11.9 Å². The largest absolute Gasteiger partial charge is 0.378 e. The number of hydrogen-bond donors (Lipinski definition) is 2. The second-order valence-electron chi connectivity index (χ2n) is 6.16. The topological polar surface area (TPSA) is 137 Å². The lowest BCUT2D eigenvalue weighted by molar-refractivity contribution is 0.0948. The van der Waals surface area contributed by atoms with E-state index in [1.54, 1.807) is 6.21 Å². The molecule has 0 aliphatic heterocycles. The molecule has 1 amide bonds. The zero-order valence-corrected chi connectivity index (χ0v) is 15.2. The van der Waals surface area contributed by atoms with E-state index >= 15 is 0 Å². The number of amides is 1. The molecule has 0 aliphatic carbocycles. The molecule has 0 aliphatic rings. The number of aromatic nitrogens is 5. The van der Waals surface area contributed by atoms with Crippen molar-refractivity contribution in [1.29, 1.82) is 0 Å². The number of hydrazone groups is 1. The van der Waals surface area contributed by atoms with Crippen molar-refractivity contribution in [2.24, 2.45) is 5.10 Å². The second kappa shape index (κ2) is 7.77. The van der Waals surface area contributed by atoms with Crippen molar-refractivity contribution < 1.29 is 9.42 Å². The van der Waals surface area contributed by atoms with Crippen LogP contribution in [-0.2, 0) is 6.42 Å². The van der Waals surface area contributed by atoms with Crippen molar-refractivity contribution in [2.75, 3.05) is 5.73 Å². The maximum absolute atomic E-state index is 12.5. The summed E-state index contributed by atoms with van der Waals surface area (Å²) in [6, 6.07) is 7.90. The van der Waals surface area contributed by atoms with Gasteiger partial charge in [0.1, 0.15) is 0 Å². The van der Waals surface area contributed by atoms with Gasteiger partial charge in [-0.05, 0) is 33.8 Å². The van der Waals surface area contributed by atoms with Crippen LogP contribution in [0.4, 0.5) is 5.82 Å². The van der Waals surface area contributed by atoms with Crippen LogP contribution in [0.5, 0.6) is 0 Å². The Labute approximate surface area is 155 Å². The zero-order chi connectivity index (χ0) is 19.4. The van der Waals surface area contributed by atoms with Crippen LogP contribution in [0.2, 0.25) is 0 Å². The number of carbonyl (C=O) groups is 1. The third-order valence-electron chi connectivity index (χ3n) is 3.93. The summed E-state index contributed by atoms with van der Waals surface area (Å²) in [4.78, 5) is 12.5. The number of nitrogen functional groups attached to an aromatic ring is 1. The standard InChI is InChI=1S/C17H20N8O2/c1-4-11-5-7-12(8-6-11)9-19-21-17(26)13-14(10(2)3)25(24-20-13)16-15(18)22-27-23-16/h5-10H,4H2,1-3H3,(H2,18,22)(H,21,26). The molecule has 10 nitrogen and oxygen atoms in total. The van der Waals surface area contributed by atoms with Crippen LogP contribution in [0, 0.1) is 0 Å². The second-order valence-corrected chi connectivity index (χ2v) is 6.16. The number of nitrogens with two attached hydrogens (primary N) is 1. The Morgan fingerprint density at radius 2 is 2.07 bits per heavy atom. The quantitative estimate of drug-likeness (QED) is 0.499. The fourth-order valence-electron chi connectivity index (χ4n) is 2.52. The molecule has 3 aromatic rings. The van der Waals surface area contributed by atoms with Crippen molar-refractivity contribution in [3.05, 3.63) is 46.8 Å². The van der Waals surface area contributed by atoms with Crippen molar-refractivity contribution in [1.82, 2.24) is 30.7 Å². The zero-order valence-electron chi connectivity index (χ0n) is 15.2. The summed E-state index contributed by atoms with van der Waals surface area (Å²) in [5.41, 5.74) is 10.9. The summed E-state index contributed by atoms with van der Waals surface area (Å²) >= 11 is 0. The Hall–Kier alpha value is -3.56. The minimum atomic E-state index is -0.485. The Kier molecular flexibility index (Phi) is 5.25. The highest BCUT2D eigenvalue weighted by Gasteiger charge is 2.25. The Balaban J connectivity index is 1.79.